The lowest BCUT2D eigenvalue weighted by molar-refractivity contribution is -0.118. The van der Waals surface area contributed by atoms with Gasteiger partial charge in [0.05, 0.1) is 11.4 Å². The maximum atomic E-state index is 12.6. The van der Waals surface area contributed by atoms with Crippen LogP contribution in [0.15, 0.2) is 72.0 Å². The van der Waals surface area contributed by atoms with Crippen molar-refractivity contribution in [2.45, 2.75) is 25.5 Å². The molecule has 2 aromatic carbocycles. The Hall–Kier alpha value is -3.65. The molecule has 0 bridgehead atoms. The second-order valence-electron chi connectivity index (χ2n) is 8.27. The first-order chi connectivity index (χ1) is 16.4. The van der Waals surface area contributed by atoms with Gasteiger partial charge in [-0.1, -0.05) is 47.7 Å². The van der Waals surface area contributed by atoms with E-state index >= 15 is 0 Å². The topological polar surface area (TPSA) is 75.9 Å². The Morgan fingerprint density at radius 3 is 2.50 bits per heavy atom. The van der Waals surface area contributed by atoms with Crippen molar-refractivity contribution in [3.63, 3.8) is 0 Å². The van der Waals surface area contributed by atoms with E-state index in [4.69, 9.17) is 0 Å². The maximum Gasteiger partial charge on any atom is 0.230 e. The molecule has 0 unspecified atom stereocenters. The van der Waals surface area contributed by atoms with Crippen LogP contribution in [0.25, 0.3) is 17.2 Å². The molecular formula is C26H28N6OS. The van der Waals surface area contributed by atoms with Crippen LogP contribution in [0.2, 0.25) is 0 Å². The largest absolute Gasteiger partial charge is 0.378 e. The van der Waals surface area contributed by atoms with E-state index in [-0.39, 0.29) is 11.7 Å². The van der Waals surface area contributed by atoms with Crippen LogP contribution in [0.5, 0.6) is 0 Å². The van der Waals surface area contributed by atoms with Crippen molar-refractivity contribution in [3.8, 4) is 17.2 Å². The molecule has 0 saturated heterocycles. The number of anilines is 1. The van der Waals surface area contributed by atoms with E-state index in [9.17, 15) is 4.79 Å². The fourth-order valence-corrected chi connectivity index (χ4v) is 4.37. The Morgan fingerprint density at radius 2 is 1.82 bits per heavy atom. The van der Waals surface area contributed by atoms with Gasteiger partial charge in [0.25, 0.3) is 0 Å². The third kappa shape index (κ3) is 5.46. The van der Waals surface area contributed by atoms with Crippen LogP contribution in [0.1, 0.15) is 16.7 Å². The van der Waals surface area contributed by atoms with Crippen LogP contribution in [-0.4, -0.2) is 45.5 Å². The molecule has 4 aromatic rings. The van der Waals surface area contributed by atoms with Crippen LogP contribution in [0.4, 0.5) is 5.69 Å². The molecule has 4 rings (SSSR count). The molecule has 2 heterocycles. The summed E-state index contributed by atoms with van der Waals surface area (Å²) in [6.07, 6.45) is 1.74. The molecule has 8 heteroatoms. The van der Waals surface area contributed by atoms with Crippen molar-refractivity contribution in [2.75, 3.05) is 24.7 Å². The first kappa shape index (κ1) is 23.5. The second-order valence-corrected chi connectivity index (χ2v) is 9.22. The van der Waals surface area contributed by atoms with E-state index in [0.29, 0.717) is 17.5 Å². The maximum absolute atomic E-state index is 12.6. The minimum atomic E-state index is -0.0590. The number of hydrogen-bond acceptors (Lipinski definition) is 6. The number of rotatable bonds is 8. The summed E-state index contributed by atoms with van der Waals surface area (Å²) in [4.78, 5) is 19.1. The highest BCUT2D eigenvalue weighted by Gasteiger charge is 2.19. The molecule has 1 N–H and O–H groups in total. The number of pyridine rings is 1. The summed E-state index contributed by atoms with van der Waals surface area (Å²) in [5, 5.41) is 12.5. The number of nitrogens with one attached hydrogen (secondary N) is 1. The van der Waals surface area contributed by atoms with E-state index in [0.717, 1.165) is 28.2 Å². The number of aromatic nitrogens is 4. The van der Waals surface area contributed by atoms with Gasteiger partial charge in [0.1, 0.15) is 5.69 Å². The fourth-order valence-electron chi connectivity index (χ4n) is 3.59. The van der Waals surface area contributed by atoms with Gasteiger partial charge in [0.15, 0.2) is 11.0 Å². The van der Waals surface area contributed by atoms with Crippen molar-refractivity contribution in [3.05, 3.63) is 83.6 Å². The first-order valence-corrected chi connectivity index (χ1v) is 12.0. The number of aryl methyl sites for hydroxylation is 2. The highest BCUT2D eigenvalue weighted by molar-refractivity contribution is 7.99. The number of nitrogens with zero attached hydrogens (tertiary/aromatic N) is 5. The lowest BCUT2D eigenvalue weighted by atomic mass is 10.1. The third-order valence-corrected chi connectivity index (χ3v) is 6.32. The Labute approximate surface area is 204 Å². The minimum Gasteiger partial charge on any atom is -0.378 e. The Morgan fingerprint density at radius 1 is 1.03 bits per heavy atom. The van der Waals surface area contributed by atoms with Crippen molar-refractivity contribution in [1.29, 1.82) is 0 Å². The van der Waals surface area contributed by atoms with E-state index in [2.05, 4.69) is 52.5 Å². The summed E-state index contributed by atoms with van der Waals surface area (Å²) in [5.74, 6) is 0.828. The third-order valence-electron chi connectivity index (χ3n) is 5.40. The Bertz CT molecular complexity index is 1270. The number of amides is 1. The summed E-state index contributed by atoms with van der Waals surface area (Å²) in [6.45, 7) is 4.61. The molecule has 0 atom stereocenters. The van der Waals surface area contributed by atoms with Gasteiger partial charge in [0.2, 0.25) is 5.91 Å². The highest BCUT2D eigenvalue weighted by Crippen LogP contribution is 2.29. The van der Waals surface area contributed by atoms with Crippen molar-refractivity contribution >= 4 is 23.4 Å². The number of thioether (sulfide) groups is 1. The summed E-state index contributed by atoms with van der Waals surface area (Å²) in [6, 6.07) is 20.1. The van der Waals surface area contributed by atoms with Gasteiger partial charge in [-0.2, -0.15) is 0 Å². The quantitative estimate of drug-likeness (QED) is 0.383. The molecule has 2 aromatic heterocycles. The average molecular weight is 473 g/mol. The molecule has 34 heavy (non-hydrogen) atoms. The van der Waals surface area contributed by atoms with Crippen molar-refractivity contribution in [1.82, 2.24) is 25.1 Å². The predicted molar refractivity (Wildman–Crippen MR) is 137 cm³/mol. The van der Waals surface area contributed by atoms with Crippen LogP contribution < -0.4 is 10.2 Å². The molecule has 0 aliphatic carbocycles. The standard InChI is InChI=1S/C26H28N6OS/c1-18-8-13-23(19(2)15-18)32-25(22-7-5-6-14-27-22)29-30-26(32)34-17-24(33)28-16-20-9-11-21(12-10-20)31(3)4/h5-15H,16-17H2,1-4H3,(H,28,33). The molecule has 0 saturated carbocycles. The van der Waals surface area contributed by atoms with Crippen LogP contribution in [0.3, 0.4) is 0 Å². The fraction of sp³-hybridized carbons (Fsp3) is 0.231. The van der Waals surface area contributed by atoms with Gasteiger partial charge < -0.3 is 10.2 Å². The molecule has 174 valence electrons. The van der Waals surface area contributed by atoms with E-state index < -0.39 is 0 Å². The number of carbonyl (C=O) groups excluding carboxylic acids is 1. The minimum absolute atomic E-state index is 0.0590. The molecule has 0 fully saturated rings. The van der Waals surface area contributed by atoms with Gasteiger partial charge in [-0.25, -0.2) is 0 Å². The smallest absolute Gasteiger partial charge is 0.230 e. The normalized spacial score (nSPS) is 10.8. The zero-order chi connectivity index (χ0) is 24.1. The SMILES string of the molecule is Cc1ccc(-n2c(SCC(=O)NCc3ccc(N(C)C)cc3)nnc2-c2ccccn2)c(C)c1. The molecule has 0 aliphatic rings. The van der Waals surface area contributed by atoms with Crippen LogP contribution >= 0.6 is 11.8 Å². The highest BCUT2D eigenvalue weighted by atomic mass is 32.2. The summed E-state index contributed by atoms with van der Waals surface area (Å²) < 4.78 is 1.98. The van der Waals surface area contributed by atoms with Gasteiger partial charge in [0, 0.05) is 32.5 Å². The Kier molecular flexibility index (Phi) is 7.27. The zero-order valence-corrected chi connectivity index (χ0v) is 20.6. The molecule has 0 radical (unpaired) electrons. The van der Waals surface area contributed by atoms with Crippen LogP contribution in [-0.2, 0) is 11.3 Å². The number of carbonyl (C=O) groups is 1. The summed E-state index contributed by atoms with van der Waals surface area (Å²) in [7, 11) is 4.01. The molecule has 7 nitrogen and oxygen atoms in total. The number of benzene rings is 2. The van der Waals surface area contributed by atoms with Crippen LogP contribution in [0, 0.1) is 13.8 Å². The molecule has 0 aliphatic heterocycles. The van der Waals surface area contributed by atoms with Gasteiger partial charge in [-0.15, -0.1) is 10.2 Å². The van der Waals surface area contributed by atoms with E-state index in [1.165, 1.54) is 17.3 Å². The van der Waals surface area contributed by atoms with Gasteiger partial charge in [-0.3, -0.25) is 14.3 Å². The molecular weight excluding hydrogens is 444 g/mol. The first-order valence-electron chi connectivity index (χ1n) is 11.0. The zero-order valence-electron chi connectivity index (χ0n) is 19.8. The average Bonchev–Trinajstić information content (AvgIpc) is 3.26. The van der Waals surface area contributed by atoms with Gasteiger partial charge in [-0.05, 0) is 55.3 Å². The number of hydrogen-bond donors (Lipinski definition) is 1. The summed E-state index contributed by atoms with van der Waals surface area (Å²) in [5.41, 5.74) is 6.16. The second kappa shape index (κ2) is 10.5. The van der Waals surface area contributed by atoms with E-state index in [1.54, 1.807) is 6.20 Å². The van der Waals surface area contributed by atoms with Crippen molar-refractivity contribution < 1.29 is 4.79 Å². The molecule has 1 amide bonds. The monoisotopic (exact) mass is 472 g/mol. The Balaban J connectivity index is 1.50. The van der Waals surface area contributed by atoms with Gasteiger partial charge >= 0.3 is 0 Å². The molecule has 0 spiro atoms. The van der Waals surface area contributed by atoms with Crippen molar-refractivity contribution in [2.24, 2.45) is 0 Å². The predicted octanol–water partition coefficient (Wildman–Crippen LogP) is 4.42. The summed E-state index contributed by atoms with van der Waals surface area (Å²) >= 11 is 1.36. The lowest BCUT2D eigenvalue weighted by Crippen LogP contribution is -2.24. The van der Waals surface area contributed by atoms with E-state index in [1.807, 2.05) is 66.0 Å². The lowest BCUT2D eigenvalue weighted by Gasteiger charge is -2.14.